The number of rotatable bonds is 2. The van der Waals surface area contributed by atoms with E-state index in [0.29, 0.717) is 5.88 Å². The van der Waals surface area contributed by atoms with E-state index in [1.54, 1.807) is 13.3 Å². The molecule has 1 aromatic carbocycles. The first kappa shape index (κ1) is 11.7. The van der Waals surface area contributed by atoms with Crippen molar-refractivity contribution in [3.63, 3.8) is 0 Å². The van der Waals surface area contributed by atoms with Crippen LogP contribution < -0.4 is 4.74 Å². The molecule has 0 amide bonds. The van der Waals surface area contributed by atoms with E-state index in [1.165, 1.54) is 5.56 Å². The maximum atomic E-state index is 5.28. The summed E-state index contributed by atoms with van der Waals surface area (Å²) in [6, 6.07) is 8.35. The summed E-state index contributed by atoms with van der Waals surface area (Å²) in [6.45, 7) is 4.06. The lowest BCUT2D eigenvalue weighted by atomic mass is 10.1. The molecule has 0 aliphatic carbocycles. The summed E-state index contributed by atoms with van der Waals surface area (Å²) in [5, 5.41) is 0. The number of aromatic nitrogens is 3. The molecule has 0 unspecified atom stereocenters. The third-order valence-corrected chi connectivity index (χ3v) is 3.21. The Kier molecular flexibility index (Phi) is 2.71. The summed E-state index contributed by atoms with van der Waals surface area (Å²) in [7, 11) is 1.62. The average Bonchev–Trinajstić information content (AvgIpc) is 2.80. The largest absolute Gasteiger partial charge is 0.479 e. The molecule has 96 valence electrons. The van der Waals surface area contributed by atoms with Crippen molar-refractivity contribution < 1.29 is 4.74 Å². The minimum atomic E-state index is 0.594. The highest BCUT2D eigenvalue weighted by Crippen LogP contribution is 2.26. The third kappa shape index (κ3) is 1.85. The van der Waals surface area contributed by atoms with Gasteiger partial charge in [-0.05, 0) is 19.9 Å². The van der Waals surface area contributed by atoms with Gasteiger partial charge in [-0.2, -0.15) is 0 Å². The number of fused-ring (bicyclic) bond motifs is 1. The molecule has 3 aromatic rings. The van der Waals surface area contributed by atoms with Crippen LogP contribution in [0.15, 0.2) is 36.7 Å². The predicted octanol–water partition coefficient (Wildman–Crippen LogP) is 3.02. The number of hydrogen-bond donors (Lipinski definition) is 0. The van der Waals surface area contributed by atoms with Gasteiger partial charge >= 0.3 is 0 Å². The van der Waals surface area contributed by atoms with E-state index in [4.69, 9.17) is 4.74 Å². The first-order valence-electron chi connectivity index (χ1n) is 6.15. The molecule has 0 atom stereocenters. The Morgan fingerprint density at radius 3 is 2.68 bits per heavy atom. The Balaban J connectivity index is 2.33. The van der Waals surface area contributed by atoms with Crippen molar-refractivity contribution in [1.29, 1.82) is 0 Å². The van der Waals surface area contributed by atoms with Crippen LogP contribution in [0.2, 0.25) is 0 Å². The molecule has 4 nitrogen and oxygen atoms in total. The zero-order chi connectivity index (χ0) is 13.4. The lowest BCUT2D eigenvalue weighted by Gasteiger charge is -2.10. The standard InChI is InChI=1S/C15H15N3O/c1-10-5-4-6-12(7-10)13-8-17-15(19-3)14-9-16-11(2)18(13)14/h4-9H,1-3H3. The van der Waals surface area contributed by atoms with Crippen LogP contribution in [0.3, 0.4) is 0 Å². The Bertz CT molecular complexity index is 746. The van der Waals surface area contributed by atoms with Crippen LogP contribution in [0.5, 0.6) is 5.88 Å². The van der Waals surface area contributed by atoms with Gasteiger partial charge in [-0.15, -0.1) is 0 Å². The van der Waals surface area contributed by atoms with Crippen LogP contribution in [-0.4, -0.2) is 21.5 Å². The molecule has 19 heavy (non-hydrogen) atoms. The zero-order valence-corrected chi connectivity index (χ0v) is 11.2. The molecule has 0 aliphatic rings. The van der Waals surface area contributed by atoms with Crippen molar-refractivity contribution in [2.75, 3.05) is 7.11 Å². The minimum absolute atomic E-state index is 0.594. The third-order valence-electron chi connectivity index (χ3n) is 3.21. The predicted molar refractivity (Wildman–Crippen MR) is 74.4 cm³/mol. The maximum absolute atomic E-state index is 5.28. The summed E-state index contributed by atoms with van der Waals surface area (Å²) >= 11 is 0. The van der Waals surface area contributed by atoms with Gasteiger partial charge in [0, 0.05) is 5.56 Å². The van der Waals surface area contributed by atoms with E-state index in [9.17, 15) is 0 Å². The molecule has 2 aromatic heterocycles. The molecule has 3 rings (SSSR count). The van der Waals surface area contributed by atoms with Gasteiger partial charge in [0.15, 0.2) is 0 Å². The lowest BCUT2D eigenvalue weighted by molar-refractivity contribution is 0.401. The van der Waals surface area contributed by atoms with Crippen LogP contribution in [0.25, 0.3) is 16.8 Å². The molecule has 0 saturated heterocycles. The van der Waals surface area contributed by atoms with Gasteiger partial charge in [-0.25, -0.2) is 9.97 Å². The molecule has 0 fully saturated rings. The minimum Gasteiger partial charge on any atom is -0.479 e. The van der Waals surface area contributed by atoms with E-state index in [1.807, 2.05) is 19.2 Å². The molecule has 0 spiro atoms. The quantitative estimate of drug-likeness (QED) is 0.704. The van der Waals surface area contributed by atoms with Gasteiger partial charge < -0.3 is 4.74 Å². The fourth-order valence-corrected chi connectivity index (χ4v) is 2.31. The highest BCUT2D eigenvalue weighted by molar-refractivity contribution is 5.67. The van der Waals surface area contributed by atoms with Crippen LogP contribution in [0.4, 0.5) is 0 Å². The van der Waals surface area contributed by atoms with Crippen molar-refractivity contribution in [2.24, 2.45) is 0 Å². The van der Waals surface area contributed by atoms with E-state index < -0.39 is 0 Å². The molecule has 0 saturated carbocycles. The van der Waals surface area contributed by atoms with E-state index in [2.05, 4.69) is 39.5 Å². The van der Waals surface area contributed by atoms with Crippen molar-refractivity contribution in [2.45, 2.75) is 13.8 Å². The fourth-order valence-electron chi connectivity index (χ4n) is 2.31. The monoisotopic (exact) mass is 253 g/mol. The first-order chi connectivity index (χ1) is 9.20. The zero-order valence-electron chi connectivity index (χ0n) is 11.2. The van der Waals surface area contributed by atoms with E-state index >= 15 is 0 Å². The number of imidazole rings is 1. The maximum Gasteiger partial charge on any atom is 0.239 e. The van der Waals surface area contributed by atoms with Gasteiger partial charge in [0.25, 0.3) is 0 Å². The SMILES string of the molecule is COc1ncc(-c2cccc(C)c2)n2c(C)ncc12. The second-order valence-corrected chi connectivity index (χ2v) is 4.55. The van der Waals surface area contributed by atoms with Crippen molar-refractivity contribution >= 4 is 5.52 Å². The van der Waals surface area contributed by atoms with Crippen LogP contribution in [0, 0.1) is 13.8 Å². The number of aryl methyl sites for hydroxylation is 2. The molecular formula is C15H15N3O. The number of nitrogens with zero attached hydrogens (tertiary/aromatic N) is 3. The van der Waals surface area contributed by atoms with Gasteiger partial charge in [-0.1, -0.05) is 23.8 Å². The molecule has 2 heterocycles. The summed E-state index contributed by atoms with van der Waals surface area (Å²) < 4.78 is 7.35. The van der Waals surface area contributed by atoms with E-state index in [-0.39, 0.29) is 0 Å². The topological polar surface area (TPSA) is 39.4 Å². The van der Waals surface area contributed by atoms with Crippen LogP contribution in [-0.2, 0) is 0 Å². The Labute approximate surface area is 111 Å². The number of hydrogen-bond acceptors (Lipinski definition) is 3. The normalized spacial score (nSPS) is 10.9. The summed E-state index contributed by atoms with van der Waals surface area (Å²) in [5.74, 6) is 1.52. The van der Waals surface area contributed by atoms with Gasteiger partial charge in [0.1, 0.15) is 11.3 Å². The first-order valence-corrected chi connectivity index (χ1v) is 6.15. The lowest BCUT2D eigenvalue weighted by Crippen LogP contribution is -1.99. The fraction of sp³-hybridized carbons (Fsp3) is 0.200. The Hall–Kier alpha value is -2.36. The summed E-state index contributed by atoms with van der Waals surface area (Å²) in [4.78, 5) is 8.72. The average molecular weight is 253 g/mol. The molecule has 0 bridgehead atoms. The molecule has 0 aliphatic heterocycles. The molecule has 0 N–H and O–H groups in total. The second-order valence-electron chi connectivity index (χ2n) is 4.55. The smallest absolute Gasteiger partial charge is 0.239 e. The second kappa shape index (κ2) is 4.39. The van der Waals surface area contributed by atoms with Crippen molar-refractivity contribution in [3.05, 3.63) is 48.0 Å². The number of benzene rings is 1. The van der Waals surface area contributed by atoms with Crippen molar-refractivity contribution in [1.82, 2.24) is 14.4 Å². The Morgan fingerprint density at radius 1 is 1.11 bits per heavy atom. The number of ether oxygens (including phenoxy) is 1. The van der Waals surface area contributed by atoms with Gasteiger partial charge in [-0.3, -0.25) is 4.40 Å². The molecular weight excluding hydrogens is 238 g/mol. The number of methoxy groups -OCH3 is 1. The van der Waals surface area contributed by atoms with Crippen LogP contribution >= 0.6 is 0 Å². The van der Waals surface area contributed by atoms with Crippen LogP contribution in [0.1, 0.15) is 11.4 Å². The van der Waals surface area contributed by atoms with Gasteiger partial charge in [0.05, 0.1) is 25.2 Å². The summed E-state index contributed by atoms with van der Waals surface area (Å²) in [5.41, 5.74) is 4.26. The molecule has 0 radical (unpaired) electrons. The van der Waals surface area contributed by atoms with Crippen molar-refractivity contribution in [3.8, 4) is 17.1 Å². The van der Waals surface area contributed by atoms with Gasteiger partial charge in [0.2, 0.25) is 5.88 Å². The highest BCUT2D eigenvalue weighted by Gasteiger charge is 2.12. The molecule has 4 heteroatoms. The highest BCUT2D eigenvalue weighted by atomic mass is 16.5. The van der Waals surface area contributed by atoms with E-state index in [0.717, 1.165) is 22.6 Å². The summed E-state index contributed by atoms with van der Waals surface area (Å²) in [6.07, 6.45) is 3.62. The Morgan fingerprint density at radius 2 is 1.95 bits per heavy atom.